The minimum atomic E-state index is -1.26. The van der Waals surface area contributed by atoms with E-state index in [1.807, 2.05) is 37.3 Å². The molecule has 0 aliphatic carbocycles. The fourth-order valence-electron chi connectivity index (χ4n) is 1.73. The van der Waals surface area contributed by atoms with Crippen molar-refractivity contribution in [3.8, 4) is 5.75 Å². The molecule has 0 aromatic heterocycles. The molecule has 2 rings (SSSR count). The molecule has 0 amide bonds. The first kappa shape index (κ1) is 14.6. The fraction of sp³-hybridized carbons (Fsp3) is 0.125. The Kier molecular flexibility index (Phi) is 4.93. The molecule has 0 aliphatic rings. The van der Waals surface area contributed by atoms with Gasteiger partial charge in [0.1, 0.15) is 12.4 Å². The molecular formula is C16H15N2O3-. The number of carbonyl (C=O) groups excluding carboxylic acids is 1. The number of carbonyl (C=O) groups is 1. The number of aryl methyl sites for hydroxylation is 1. The van der Waals surface area contributed by atoms with Gasteiger partial charge in [-0.15, -0.1) is 0 Å². The monoisotopic (exact) mass is 283 g/mol. The lowest BCUT2D eigenvalue weighted by molar-refractivity contribution is -0.307. The van der Waals surface area contributed by atoms with Crippen LogP contribution in [-0.4, -0.2) is 18.8 Å². The van der Waals surface area contributed by atoms with Gasteiger partial charge in [-0.3, -0.25) is 5.43 Å². The van der Waals surface area contributed by atoms with Crippen LogP contribution in [0.5, 0.6) is 5.75 Å². The maximum Gasteiger partial charge on any atom is 0.128 e. The van der Waals surface area contributed by atoms with Crippen LogP contribution in [0, 0.1) is 6.92 Å². The number of carboxylic acid groups (broad SMARTS) is 1. The first-order valence-corrected chi connectivity index (χ1v) is 6.43. The number of hydrogen-bond acceptors (Lipinski definition) is 5. The Bertz CT molecular complexity index is 653. The summed E-state index contributed by atoms with van der Waals surface area (Å²) >= 11 is 0. The van der Waals surface area contributed by atoms with Crippen molar-refractivity contribution in [2.24, 2.45) is 5.10 Å². The van der Waals surface area contributed by atoms with Crippen molar-refractivity contribution in [2.75, 3.05) is 12.0 Å². The number of hydrazone groups is 1. The Morgan fingerprint density at radius 2 is 1.95 bits per heavy atom. The lowest BCUT2D eigenvalue weighted by Crippen LogP contribution is -2.29. The summed E-state index contributed by atoms with van der Waals surface area (Å²) in [4.78, 5) is 10.4. The third kappa shape index (κ3) is 4.35. The normalized spacial score (nSPS) is 10.5. The molecule has 0 unspecified atom stereocenters. The molecule has 0 fully saturated rings. The van der Waals surface area contributed by atoms with E-state index in [2.05, 4.69) is 10.5 Å². The zero-order chi connectivity index (χ0) is 15.1. The summed E-state index contributed by atoms with van der Waals surface area (Å²) < 4.78 is 5.14. The molecule has 0 radical (unpaired) electrons. The van der Waals surface area contributed by atoms with Gasteiger partial charge in [-0.1, -0.05) is 30.3 Å². The summed E-state index contributed by atoms with van der Waals surface area (Å²) in [6.07, 6.45) is 1.58. The van der Waals surface area contributed by atoms with Crippen LogP contribution in [0.1, 0.15) is 11.1 Å². The van der Waals surface area contributed by atoms with E-state index in [-0.39, 0.29) is 0 Å². The van der Waals surface area contributed by atoms with Crippen molar-refractivity contribution < 1.29 is 14.6 Å². The Labute approximate surface area is 122 Å². The molecule has 0 heterocycles. The summed E-state index contributed by atoms with van der Waals surface area (Å²) in [6, 6.07) is 14.8. The molecule has 0 atom stereocenters. The summed E-state index contributed by atoms with van der Waals surface area (Å²) in [6.45, 7) is 1.49. The predicted molar refractivity (Wildman–Crippen MR) is 79.3 cm³/mol. The molecule has 1 N–H and O–H groups in total. The summed E-state index contributed by atoms with van der Waals surface area (Å²) in [5.41, 5.74) is 5.60. The molecular weight excluding hydrogens is 268 g/mol. The predicted octanol–water partition coefficient (Wildman–Crippen LogP) is 1.57. The third-order valence-electron chi connectivity index (χ3n) is 2.80. The molecule has 21 heavy (non-hydrogen) atoms. The van der Waals surface area contributed by atoms with Crippen LogP contribution in [0.4, 0.5) is 5.69 Å². The molecule has 0 saturated heterocycles. The minimum absolute atomic E-state index is 0.442. The molecule has 0 aliphatic heterocycles. The van der Waals surface area contributed by atoms with E-state index in [4.69, 9.17) is 4.74 Å². The number of carboxylic acids is 1. The zero-order valence-electron chi connectivity index (χ0n) is 11.6. The van der Waals surface area contributed by atoms with Crippen LogP contribution in [0.2, 0.25) is 0 Å². The average Bonchev–Trinajstić information content (AvgIpc) is 2.48. The van der Waals surface area contributed by atoms with Crippen molar-refractivity contribution in [2.45, 2.75) is 6.92 Å². The fourth-order valence-corrected chi connectivity index (χ4v) is 1.73. The number of ether oxygens (including phenoxy) is 1. The van der Waals surface area contributed by atoms with Gasteiger partial charge in [0.15, 0.2) is 0 Å². The van der Waals surface area contributed by atoms with Crippen molar-refractivity contribution in [3.63, 3.8) is 0 Å². The van der Waals surface area contributed by atoms with E-state index in [0.29, 0.717) is 11.3 Å². The van der Waals surface area contributed by atoms with E-state index < -0.39 is 12.6 Å². The van der Waals surface area contributed by atoms with Crippen LogP contribution in [0.25, 0.3) is 0 Å². The van der Waals surface area contributed by atoms with Gasteiger partial charge in [0.25, 0.3) is 0 Å². The SMILES string of the molecule is Cc1ccccc1N/N=C\c1ccccc1OCC(=O)[O-]. The smallest absolute Gasteiger partial charge is 0.128 e. The largest absolute Gasteiger partial charge is 0.546 e. The number of rotatable bonds is 6. The number of benzene rings is 2. The molecule has 2 aromatic carbocycles. The van der Waals surface area contributed by atoms with Gasteiger partial charge in [-0.2, -0.15) is 5.10 Å². The minimum Gasteiger partial charge on any atom is -0.546 e. The van der Waals surface area contributed by atoms with Crippen molar-refractivity contribution in [1.82, 2.24) is 0 Å². The van der Waals surface area contributed by atoms with Gasteiger partial charge in [0.05, 0.1) is 17.9 Å². The maximum absolute atomic E-state index is 10.4. The number of para-hydroxylation sites is 2. The number of nitrogens with zero attached hydrogens (tertiary/aromatic N) is 1. The molecule has 108 valence electrons. The number of hydrogen-bond donors (Lipinski definition) is 1. The lowest BCUT2D eigenvalue weighted by Gasteiger charge is -2.09. The lowest BCUT2D eigenvalue weighted by atomic mass is 10.2. The molecule has 0 bridgehead atoms. The van der Waals surface area contributed by atoms with Gasteiger partial charge in [-0.25, -0.2) is 0 Å². The Balaban J connectivity index is 2.07. The van der Waals surface area contributed by atoms with Crippen LogP contribution >= 0.6 is 0 Å². The maximum atomic E-state index is 10.4. The van der Waals surface area contributed by atoms with Crippen LogP contribution in [0.3, 0.4) is 0 Å². The quantitative estimate of drug-likeness (QED) is 0.645. The highest BCUT2D eigenvalue weighted by atomic mass is 16.5. The molecule has 0 spiro atoms. The Hall–Kier alpha value is -2.82. The van der Waals surface area contributed by atoms with Crippen molar-refractivity contribution in [3.05, 3.63) is 59.7 Å². The van der Waals surface area contributed by atoms with Crippen LogP contribution < -0.4 is 15.3 Å². The zero-order valence-corrected chi connectivity index (χ0v) is 11.6. The van der Waals surface area contributed by atoms with E-state index in [0.717, 1.165) is 11.3 Å². The van der Waals surface area contributed by atoms with Gasteiger partial charge in [-0.05, 0) is 30.7 Å². The Morgan fingerprint density at radius 3 is 2.71 bits per heavy atom. The Morgan fingerprint density at radius 1 is 1.24 bits per heavy atom. The van der Waals surface area contributed by atoms with Crippen molar-refractivity contribution in [1.29, 1.82) is 0 Å². The summed E-state index contributed by atoms with van der Waals surface area (Å²) in [7, 11) is 0. The average molecular weight is 283 g/mol. The highest BCUT2D eigenvalue weighted by Gasteiger charge is 2.00. The summed E-state index contributed by atoms with van der Waals surface area (Å²) in [5, 5.41) is 14.6. The first-order valence-electron chi connectivity index (χ1n) is 6.43. The van der Waals surface area contributed by atoms with Gasteiger partial charge in [0, 0.05) is 5.56 Å². The van der Waals surface area contributed by atoms with E-state index in [1.54, 1.807) is 24.4 Å². The number of nitrogens with one attached hydrogen (secondary N) is 1. The van der Waals surface area contributed by atoms with E-state index in [1.165, 1.54) is 0 Å². The highest BCUT2D eigenvalue weighted by molar-refractivity contribution is 5.84. The summed E-state index contributed by atoms with van der Waals surface area (Å²) in [5.74, 6) is -0.822. The first-order chi connectivity index (χ1) is 10.2. The topological polar surface area (TPSA) is 73.8 Å². The number of aliphatic carboxylic acids is 1. The van der Waals surface area contributed by atoms with Crippen LogP contribution in [0.15, 0.2) is 53.6 Å². The van der Waals surface area contributed by atoms with Gasteiger partial charge in [0.2, 0.25) is 0 Å². The second kappa shape index (κ2) is 7.09. The van der Waals surface area contributed by atoms with Gasteiger partial charge >= 0.3 is 0 Å². The molecule has 0 saturated carbocycles. The highest BCUT2D eigenvalue weighted by Crippen LogP contribution is 2.16. The van der Waals surface area contributed by atoms with Crippen molar-refractivity contribution >= 4 is 17.9 Å². The third-order valence-corrected chi connectivity index (χ3v) is 2.80. The molecule has 5 nitrogen and oxygen atoms in total. The second-order valence-electron chi connectivity index (χ2n) is 4.38. The number of anilines is 1. The molecule has 5 heteroatoms. The van der Waals surface area contributed by atoms with E-state index >= 15 is 0 Å². The second-order valence-corrected chi connectivity index (χ2v) is 4.38. The van der Waals surface area contributed by atoms with Gasteiger partial charge < -0.3 is 14.6 Å². The van der Waals surface area contributed by atoms with Crippen LogP contribution in [-0.2, 0) is 4.79 Å². The molecule has 2 aromatic rings. The standard InChI is InChI=1S/C16H16N2O3/c1-12-6-2-4-8-14(12)18-17-10-13-7-3-5-9-15(13)21-11-16(19)20/h2-10,18H,11H2,1H3,(H,19,20)/p-1/b17-10-. The van der Waals surface area contributed by atoms with E-state index in [9.17, 15) is 9.90 Å².